The van der Waals surface area contributed by atoms with E-state index in [0.717, 1.165) is 36.9 Å². The van der Waals surface area contributed by atoms with Gasteiger partial charge in [0.2, 0.25) is 0 Å². The van der Waals surface area contributed by atoms with E-state index in [9.17, 15) is 26.4 Å². The van der Waals surface area contributed by atoms with Crippen LogP contribution in [-0.2, 0) is 20.8 Å². The minimum Gasteiger partial charge on any atom is -0.426 e. The number of sulfone groups is 1. The van der Waals surface area contributed by atoms with Gasteiger partial charge in [0.25, 0.3) is 0 Å². The maximum Gasteiger partial charge on any atom is 0.416 e. The monoisotopic (exact) mass is 438 g/mol. The van der Waals surface area contributed by atoms with E-state index in [-0.39, 0.29) is 26.3 Å². The first-order valence-corrected chi connectivity index (χ1v) is 10.4. The Morgan fingerprint density at radius 2 is 1.81 bits per heavy atom. The molecule has 27 heavy (non-hydrogen) atoms. The summed E-state index contributed by atoms with van der Waals surface area (Å²) in [4.78, 5) is 11.6. The molecule has 0 fully saturated rings. The molecule has 4 nitrogen and oxygen atoms in total. The number of esters is 1. The third-order valence-corrected chi connectivity index (χ3v) is 6.66. The first-order valence-electron chi connectivity index (χ1n) is 7.54. The standard InChI is InChI=1S/C17H14ClF3O4S2/c1-3-27(23,24)12-5-7-15(13(18)9-12)26-16-8-11(17(19,20)21)4-6-14(16)25-10(2)22/h4-9H,3H2,1-2H3. The molecular weight excluding hydrogens is 425 g/mol. The molecule has 0 unspecified atom stereocenters. The van der Waals surface area contributed by atoms with Gasteiger partial charge in [-0.05, 0) is 36.4 Å². The Bertz CT molecular complexity index is 973. The summed E-state index contributed by atoms with van der Waals surface area (Å²) < 4.78 is 67.7. The molecule has 0 atom stereocenters. The highest BCUT2D eigenvalue weighted by Crippen LogP contribution is 2.42. The molecule has 0 aromatic heterocycles. The van der Waals surface area contributed by atoms with Crippen LogP contribution in [-0.4, -0.2) is 20.1 Å². The molecule has 0 bridgehead atoms. The van der Waals surface area contributed by atoms with E-state index in [1.807, 2.05) is 0 Å². The van der Waals surface area contributed by atoms with Crippen LogP contribution in [0.2, 0.25) is 5.02 Å². The first kappa shape index (κ1) is 21.6. The van der Waals surface area contributed by atoms with Crippen molar-refractivity contribution in [3.63, 3.8) is 0 Å². The van der Waals surface area contributed by atoms with Gasteiger partial charge in [-0.1, -0.05) is 30.3 Å². The predicted molar refractivity (Wildman–Crippen MR) is 96.1 cm³/mol. The summed E-state index contributed by atoms with van der Waals surface area (Å²) in [6.07, 6.45) is -4.58. The molecule has 0 spiro atoms. The normalized spacial score (nSPS) is 12.1. The van der Waals surface area contributed by atoms with E-state index in [1.165, 1.54) is 25.1 Å². The van der Waals surface area contributed by atoms with E-state index in [4.69, 9.17) is 16.3 Å². The second-order valence-electron chi connectivity index (χ2n) is 5.35. The van der Waals surface area contributed by atoms with Crippen molar-refractivity contribution in [1.29, 1.82) is 0 Å². The fraction of sp³-hybridized carbons (Fsp3) is 0.235. The lowest BCUT2D eigenvalue weighted by Gasteiger charge is -2.13. The Morgan fingerprint density at radius 1 is 1.15 bits per heavy atom. The van der Waals surface area contributed by atoms with Gasteiger partial charge in [-0.25, -0.2) is 8.42 Å². The average molecular weight is 439 g/mol. The van der Waals surface area contributed by atoms with E-state index in [2.05, 4.69) is 0 Å². The van der Waals surface area contributed by atoms with Crippen LogP contribution in [0.15, 0.2) is 51.1 Å². The minimum atomic E-state index is -4.58. The van der Waals surface area contributed by atoms with Crippen LogP contribution in [0, 0.1) is 0 Å². The van der Waals surface area contributed by atoms with Gasteiger partial charge in [-0.3, -0.25) is 4.79 Å². The minimum absolute atomic E-state index is 0.0172. The smallest absolute Gasteiger partial charge is 0.416 e. The molecule has 0 heterocycles. The summed E-state index contributed by atoms with van der Waals surface area (Å²) in [5.74, 6) is -0.853. The van der Waals surface area contributed by atoms with E-state index >= 15 is 0 Å². The number of hydrogen-bond donors (Lipinski definition) is 0. The summed E-state index contributed by atoms with van der Waals surface area (Å²) in [7, 11) is -3.47. The molecule has 0 aliphatic rings. The Morgan fingerprint density at radius 3 is 2.33 bits per heavy atom. The Labute approximate surface area is 163 Å². The summed E-state index contributed by atoms with van der Waals surface area (Å²) in [5.41, 5.74) is -0.915. The molecule has 2 rings (SSSR count). The average Bonchev–Trinajstić information content (AvgIpc) is 2.56. The second-order valence-corrected chi connectivity index (χ2v) is 9.12. The second kappa shape index (κ2) is 8.12. The van der Waals surface area contributed by atoms with Crippen LogP contribution in [0.4, 0.5) is 13.2 Å². The number of alkyl halides is 3. The molecular formula is C17H14ClF3O4S2. The van der Waals surface area contributed by atoms with Crippen molar-refractivity contribution in [2.45, 2.75) is 34.7 Å². The molecule has 2 aromatic carbocycles. The van der Waals surface area contributed by atoms with Crippen LogP contribution < -0.4 is 4.74 Å². The largest absolute Gasteiger partial charge is 0.426 e. The number of halogens is 4. The van der Waals surface area contributed by atoms with Crippen LogP contribution in [0.5, 0.6) is 5.75 Å². The van der Waals surface area contributed by atoms with Gasteiger partial charge in [0.15, 0.2) is 9.84 Å². The van der Waals surface area contributed by atoms with Gasteiger partial charge in [0.05, 0.1) is 26.1 Å². The van der Waals surface area contributed by atoms with Gasteiger partial charge < -0.3 is 4.74 Å². The Balaban J connectivity index is 2.47. The Kier molecular flexibility index (Phi) is 6.49. The highest BCUT2D eigenvalue weighted by Gasteiger charge is 2.31. The van der Waals surface area contributed by atoms with Crippen LogP contribution in [0.1, 0.15) is 19.4 Å². The predicted octanol–water partition coefficient (Wildman–Crippen LogP) is 5.23. The molecule has 10 heteroatoms. The summed E-state index contributed by atoms with van der Waals surface area (Å²) >= 11 is 6.95. The van der Waals surface area contributed by atoms with Crippen molar-refractivity contribution in [3.05, 3.63) is 47.0 Å². The quantitative estimate of drug-likeness (QED) is 0.472. The highest BCUT2D eigenvalue weighted by atomic mass is 35.5. The molecule has 0 saturated heterocycles. The van der Waals surface area contributed by atoms with Crippen LogP contribution in [0.25, 0.3) is 0 Å². The number of hydrogen-bond acceptors (Lipinski definition) is 5. The third-order valence-electron chi connectivity index (χ3n) is 3.39. The topological polar surface area (TPSA) is 60.4 Å². The van der Waals surface area contributed by atoms with Crippen molar-refractivity contribution < 1.29 is 31.1 Å². The van der Waals surface area contributed by atoms with Gasteiger partial charge in [0, 0.05) is 11.8 Å². The van der Waals surface area contributed by atoms with Crippen molar-refractivity contribution in [2.75, 3.05) is 5.75 Å². The van der Waals surface area contributed by atoms with Crippen molar-refractivity contribution in [3.8, 4) is 5.75 Å². The van der Waals surface area contributed by atoms with Gasteiger partial charge >= 0.3 is 12.1 Å². The molecule has 0 saturated carbocycles. The fourth-order valence-corrected chi connectivity index (χ4v) is 4.24. The SMILES string of the molecule is CCS(=O)(=O)c1ccc(Sc2cc(C(F)(F)F)ccc2OC(C)=O)c(Cl)c1. The summed E-state index contributed by atoms with van der Waals surface area (Å²) in [5, 5.41) is 0.0562. The number of rotatable bonds is 5. The summed E-state index contributed by atoms with van der Waals surface area (Å²) in [6, 6.07) is 6.66. The van der Waals surface area contributed by atoms with E-state index < -0.39 is 27.5 Å². The number of carbonyl (C=O) groups excluding carboxylic acids is 1. The van der Waals surface area contributed by atoms with Crippen molar-refractivity contribution in [1.82, 2.24) is 0 Å². The zero-order valence-electron chi connectivity index (χ0n) is 14.1. The molecule has 0 N–H and O–H groups in total. The molecule has 0 amide bonds. The first-order chi connectivity index (χ1) is 12.4. The molecule has 2 aromatic rings. The number of carbonyl (C=O) groups is 1. The number of benzene rings is 2. The maximum absolute atomic E-state index is 13.0. The van der Waals surface area contributed by atoms with Gasteiger partial charge in [-0.15, -0.1) is 0 Å². The molecule has 0 aliphatic heterocycles. The third kappa shape index (κ3) is 5.40. The van der Waals surface area contributed by atoms with Crippen LogP contribution >= 0.6 is 23.4 Å². The zero-order chi connectivity index (χ0) is 20.4. The van der Waals surface area contributed by atoms with Gasteiger partial charge in [0.1, 0.15) is 5.75 Å². The zero-order valence-corrected chi connectivity index (χ0v) is 16.5. The number of ether oxygens (including phenoxy) is 1. The lowest BCUT2D eigenvalue weighted by Crippen LogP contribution is -2.07. The van der Waals surface area contributed by atoms with E-state index in [0.29, 0.717) is 4.90 Å². The molecule has 146 valence electrons. The Hall–Kier alpha value is -1.71. The highest BCUT2D eigenvalue weighted by molar-refractivity contribution is 7.99. The molecule has 0 radical (unpaired) electrons. The van der Waals surface area contributed by atoms with Crippen molar-refractivity contribution >= 4 is 39.2 Å². The van der Waals surface area contributed by atoms with Gasteiger partial charge in [-0.2, -0.15) is 13.2 Å². The van der Waals surface area contributed by atoms with E-state index in [1.54, 1.807) is 0 Å². The lowest BCUT2D eigenvalue weighted by atomic mass is 10.2. The molecule has 0 aliphatic carbocycles. The van der Waals surface area contributed by atoms with Crippen molar-refractivity contribution in [2.24, 2.45) is 0 Å². The van der Waals surface area contributed by atoms with Crippen LogP contribution in [0.3, 0.4) is 0 Å². The fourth-order valence-electron chi connectivity index (χ4n) is 2.05. The maximum atomic E-state index is 13.0. The lowest BCUT2D eigenvalue weighted by molar-refractivity contribution is -0.137. The summed E-state index contributed by atoms with van der Waals surface area (Å²) in [6.45, 7) is 2.61.